The number of carbonyl (C=O) groups excluding carboxylic acids is 1. The van der Waals surface area contributed by atoms with E-state index in [0.717, 1.165) is 31.4 Å². The van der Waals surface area contributed by atoms with Gasteiger partial charge in [0.05, 0.1) is 17.7 Å². The van der Waals surface area contributed by atoms with Crippen molar-refractivity contribution >= 4 is 5.91 Å². The number of hydrogen-bond acceptors (Lipinski definition) is 3. The molecule has 1 saturated carbocycles. The van der Waals surface area contributed by atoms with Crippen LogP contribution < -0.4 is 5.32 Å². The molecule has 2 N–H and O–H groups in total. The number of hydrogen-bond donors (Lipinski definition) is 2. The molecular weight excluding hydrogens is 228 g/mol. The fraction of sp³-hybridized carbons (Fsp3) is 0.571. The van der Waals surface area contributed by atoms with Gasteiger partial charge in [0.25, 0.3) is 5.91 Å². The molecule has 1 aromatic heterocycles. The molecule has 0 spiro atoms. The molecule has 18 heavy (non-hydrogen) atoms. The van der Waals surface area contributed by atoms with Crippen molar-refractivity contribution in [3.63, 3.8) is 0 Å². The normalized spacial score (nSPS) is 18.3. The van der Waals surface area contributed by atoms with E-state index < -0.39 is 5.54 Å². The number of rotatable bonds is 3. The lowest BCUT2D eigenvalue weighted by Gasteiger charge is -2.36. The maximum absolute atomic E-state index is 12.2. The summed E-state index contributed by atoms with van der Waals surface area (Å²) >= 11 is 0. The van der Waals surface area contributed by atoms with Crippen molar-refractivity contribution in [1.29, 1.82) is 0 Å². The monoisotopic (exact) mass is 248 g/mol. The van der Waals surface area contributed by atoms with Gasteiger partial charge >= 0.3 is 0 Å². The molecule has 98 valence electrons. The van der Waals surface area contributed by atoms with Gasteiger partial charge in [-0.25, -0.2) is 0 Å². The molecule has 1 aliphatic carbocycles. The third-order valence-electron chi connectivity index (χ3n) is 3.74. The molecule has 4 heteroatoms. The standard InChI is InChI=1S/C14H20N2O2/c1-11-12(6-5-9-15-11)13(18)16-14(10-17)7-3-2-4-8-14/h5-6,9,17H,2-4,7-8,10H2,1H3,(H,16,18). The van der Waals surface area contributed by atoms with Crippen LogP contribution in [0.15, 0.2) is 18.3 Å². The molecular formula is C14H20N2O2. The molecule has 4 nitrogen and oxygen atoms in total. The number of amides is 1. The third-order valence-corrected chi connectivity index (χ3v) is 3.74. The summed E-state index contributed by atoms with van der Waals surface area (Å²) < 4.78 is 0. The van der Waals surface area contributed by atoms with Crippen molar-refractivity contribution in [3.8, 4) is 0 Å². The van der Waals surface area contributed by atoms with E-state index >= 15 is 0 Å². The molecule has 0 saturated heterocycles. The Morgan fingerprint density at radius 2 is 2.17 bits per heavy atom. The summed E-state index contributed by atoms with van der Waals surface area (Å²) in [5.74, 6) is -0.128. The van der Waals surface area contributed by atoms with Gasteiger partial charge < -0.3 is 10.4 Å². The third kappa shape index (κ3) is 2.70. The van der Waals surface area contributed by atoms with Gasteiger partial charge in [-0.1, -0.05) is 19.3 Å². The molecule has 0 radical (unpaired) electrons. The highest BCUT2D eigenvalue weighted by Gasteiger charge is 2.33. The van der Waals surface area contributed by atoms with Crippen LogP contribution in [0.25, 0.3) is 0 Å². The van der Waals surface area contributed by atoms with Crippen LogP contribution >= 0.6 is 0 Å². The average Bonchev–Trinajstić information content (AvgIpc) is 2.40. The molecule has 1 amide bonds. The summed E-state index contributed by atoms with van der Waals surface area (Å²) in [6.07, 6.45) is 6.70. The summed E-state index contributed by atoms with van der Waals surface area (Å²) in [7, 11) is 0. The Balaban J connectivity index is 2.13. The van der Waals surface area contributed by atoms with Crippen LogP contribution in [0.1, 0.15) is 48.2 Å². The maximum Gasteiger partial charge on any atom is 0.253 e. The number of carbonyl (C=O) groups is 1. The molecule has 0 bridgehead atoms. The fourth-order valence-electron chi connectivity index (χ4n) is 2.58. The van der Waals surface area contributed by atoms with E-state index in [0.29, 0.717) is 5.56 Å². The lowest BCUT2D eigenvalue weighted by atomic mass is 9.82. The molecule has 1 heterocycles. The largest absolute Gasteiger partial charge is 0.394 e. The van der Waals surface area contributed by atoms with Crippen LogP contribution in [0, 0.1) is 6.92 Å². The smallest absolute Gasteiger partial charge is 0.253 e. The van der Waals surface area contributed by atoms with Gasteiger partial charge in [-0.3, -0.25) is 9.78 Å². The zero-order chi connectivity index (χ0) is 13.0. The van der Waals surface area contributed by atoms with Crippen molar-refractivity contribution in [1.82, 2.24) is 10.3 Å². The summed E-state index contributed by atoms with van der Waals surface area (Å²) in [5.41, 5.74) is 0.882. The average molecular weight is 248 g/mol. The first-order valence-electron chi connectivity index (χ1n) is 6.52. The van der Waals surface area contributed by atoms with Gasteiger partial charge in [-0.15, -0.1) is 0 Å². The van der Waals surface area contributed by atoms with Crippen LogP contribution in [0.3, 0.4) is 0 Å². The van der Waals surface area contributed by atoms with Gasteiger partial charge in [0.1, 0.15) is 0 Å². The van der Waals surface area contributed by atoms with Gasteiger partial charge in [0.2, 0.25) is 0 Å². The summed E-state index contributed by atoms with van der Waals surface area (Å²) in [5, 5.41) is 12.6. The second kappa shape index (κ2) is 5.48. The van der Waals surface area contributed by atoms with Crippen LogP contribution in [0.4, 0.5) is 0 Å². The first kappa shape index (κ1) is 13.0. The highest BCUT2D eigenvalue weighted by atomic mass is 16.3. The van der Waals surface area contributed by atoms with E-state index in [4.69, 9.17) is 0 Å². The summed E-state index contributed by atoms with van der Waals surface area (Å²) in [4.78, 5) is 16.4. The fourth-order valence-corrected chi connectivity index (χ4v) is 2.58. The SMILES string of the molecule is Cc1ncccc1C(=O)NC1(CO)CCCCC1. The van der Waals surface area contributed by atoms with E-state index in [1.54, 1.807) is 18.3 Å². The van der Waals surface area contributed by atoms with E-state index in [1.165, 1.54) is 6.42 Å². The van der Waals surface area contributed by atoms with Crippen LogP contribution in [0.2, 0.25) is 0 Å². The number of aryl methyl sites for hydroxylation is 1. The van der Waals surface area contributed by atoms with Crippen LogP contribution in [0.5, 0.6) is 0 Å². The highest BCUT2D eigenvalue weighted by Crippen LogP contribution is 2.28. The quantitative estimate of drug-likeness (QED) is 0.857. The molecule has 1 fully saturated rings. The van der Waals surface area contributed by atoms with Crippen molar-refractivity contribution < 1.29 is 9.90 Å². The summed E-state index contributed by atoms with van der Waals surface area (Å²) in [6, 6.07) is 3.53. The first-order chi connectivity index (χ1) is 8.67. The number of nitrogens with one attached hydrogen (secondary N) is 1. The number of nitrogens with zero attached hydrogens (tertiary/aromatic N) is 1. The molecule has 0 aromatic carbocycles. The summed E-state index contributed by atoms with van der Waals surface area (Å²) in [6.45, 7) is 1.83. The van der Waals surface area contributed by atoms with Gasteiger partial charge in [-0.2, -0.15) is 0 Å². The van der Waals surface area contributed by atoms with Gasteiger partial charge in [0.15, 0.2) is 0 Å². The lowest BCUT2D eigenvalue weighted by Crippen LogP contribution is -2.52. The number of aliphatic hydroxyl groups excluding tert-OH is 1. The zero-order valence-corrected chi connectivity index (χ0v) is 10.8. The van der Waals surface area contributed by atoms with E-state index in [2.05, 4.69) is 10.3 Å². The Labute approximate surface area is 107 Å². The minimum Gasteiger partial charge on any atom is -0.394 e. The second-order valence-electron chi connectivity index (χ2n) is 5.09. The Morgan fingerprint density at radius 3 is 2.78 bits per heavy atom. The minimum absolute atomic E-state index is 0.0120. The molecule has 0 unspecified atom stereocenters. The van der Waals surface area contributed by atoms with Crippen molar-refractivity contribution in [2.75, 3.05) is 6.61 Å². The topological polar surface area (TPSA) is 62.2 Å². The van der Waals surface area contributed by atoms with E-state index in [9.17, 15) is 9.90 Å². The number of pyridine rings is 1. The minimum atomic E-state index is -0.433. The molecule has 1 aliphatic rings. The van der Waals surface area contributed by atoms with E-state index in [1.807, 2.05) is 6.92 Å². The Kier molecular flexibility index (Phi) is 3.97. The Morgan fingerprint density at radius 1 is 1.44 bits per heavy atom. The number of aliphatic hydroxyl groups is 1. The van der Waals surface area contributed by atoms with Crippen LogP contribution in [-0.4, -0.2) is 28.1 Å². The van der Waals surface area contributed by atoms with Crippen molar-refractivity contribution in [2.45, 2.75) is 44.6 Å². The van der Waals surface area contributed by atoms with Crippen LogP contribution in [-0.2, 0) is 0 Å². The van der Waals surface area contributed by atoms with Gasteiger partial charge in [0, 0.05) is 11.9 Å². The van der Waals surface area contributed by atoms with Crippen molar-refractivity contribution in [3.05, 3.63) is 29.6 Å². The predicted molar refractivity (Wildman–Crippen MR) is 69.3 cm³/mol. The predicted octanol–water partition coefficient (Wildman–Crippen LogP) is 1.82. The molecule has 0 atom stereocenters. The maximum atomic E-state index is 12.2. The zero-order valence-electron chi connectivity index (χ0n) is 10.8. The van der Waals surface area contributed by atoms with Crippen molar-refractivity contribution in [2.24, 2.45) is 0 Å². The lowest BCUT2D eigenvalue weighted by molar-refractivity contribution is 0.0757. The van der Waals surface area contributed by atoms with E-state index in [-0.39, 0.29) is 12.5 Å². The Hall–Kier alpha value is -1.42. The highest BCUT2D eigenvalue weighted by molar-refractivity contribution is 5.95. The second-order valence-corrected chi connectivity index (χ2v) is 5.09. The molecule has 2 rings (SSSR count). The number of aromatic nitrogens is 1. The van der Waals surface area contributed by atoms with Gasteiger partial charge in [-0.05, 0) is 31.9 Å². The first-order valence-corrected chi connectivity index (χ1v) is 6.52. The molecule has 1 aromatic rings. The molecule has 0 aliphatic heterocycles. The Bertz CT molecular complexity index is 426.